The summed E-state index contributed by atoms with van der Waals surface area (Å²) in [6, 6.07) is 6.72. The van der Waals surface area contributed by atoms with E-state index < -0.39 is 0 Å². The molecule has 2 rings (SSSR count). The van der Waals surface area contributed by atoms with E-state index in [9.17, 15) is 4.79 Å². The molecule has 1 unspecified atom stereocenters. The number of rotatable bonds is 6. The highest BCUT2D eigenvalue weighted by Crippen LogP contribution is 2.34. The van der Waals surface area contributed by atoms with Gasteiger partial charge in [-0.25, -0.2) is 0 Å². The number of carbonyl (C=O) groups is 1. The smallest absolute Gasteiger partial charge is 0.224 e. The largest absolute Gasteiger partial charge is 0.319 e. The average Bonchev–Trinajstić information content (AvgIpc) is 2.54. The molecule has 0 bridgehead atoms. The summed E-state index contributed by atoms with van der Waals surface area (Å²) in [5.41, 5.74) is 4.73. The minimum absolute atomic E-state index is 0.124. The standard InChI is InChI=1S/C19H27N2OP/c1-5-16(13-23-11-10-20-4)17-8-9-19-18(12-17)7-6-14(2)21(19)15(3)22/h5,8-9,12-14,20,23H,1,6-7,10-11H2,2-4H3/b16-13+/t14-/m0/s1. The molecule has 1 aliphatic rings. The van der Waals surface area contributed by atoms with Crippen molar-refractivity contribution in [2.24, 2.45) is 0 Å². The van der Waals surface area contributed by atoms with Crippen molar-refractivity contribution in [2.75, 3.05) is 24.7 Å². The van der Waals surface area contributed by atoms with Gasteiger partial charge in [-0.2, -0.15) is 0 Å². The molecule has 0 saturated heterocycles. The van der Waals surface area contributed by atoms with Gasteiger partial charge in [0.1, 0.15) is 0 Å². The lowest BCUT2D eigenvalue weighted by molar-refractivity contribution is -0.117. The van der Waals surface area contributed by atoms with Crippen LogP contribution >= 0.6 is 8.58 Å². The van der Waals surface area contributed by atoms with Gasteiger partial charge in [0, 0.05) is 18.7 Å². The summed E-state index contributed by atoms with van der Waals surface area (Å²) in [6.45, 7) is 8.77. The number of fused-ring (bicyclic) bond motifs is 1. The van der Waals surface area contributed by atoms with Gasteiger partial charge in [-0.1, -0.05) is 33.1 Å². The molecule has 0 aliphatic carbocycles. The number of benzene rings is 1. The lowest BCUT2D eigenvalue weighted by atomic mass is 9.93. The Balaban J connectivity index is 2.26. The Hall–Kier alpha value is -1.44. The van der Waals surface area contributed by atoms with Crippen molar-refractivity contribution in [2.45, 2.75) is 32.7 Å². The fourth-order valence-electron chi connectivity index (χ4n) is 3.05. The number of anilines is 1. The fraction of sp³-hybridized carbons (Fsp3) is 0.421. The summed E-state index contributed by atoms with van der Waals surface area (Å²) in [6.07, 6.45) is 5.13. The van der Waals surface area contributed by atoms with E-state index in [1.807, 2.05) is 18.0 Å². The van der Waals surface area contributed by atoms with E-state index in [2.05, 4.69) is 42.8 Å². The minimum Gasteiger partial charge on any atom is -0.319 e. The molecule has 2 atom stereocenters. The Morgan fingerprint density at radius 2 is 2.30 bits per heavy atom. The number of aryl methyl sites for hydroxylation is 1. The molecular formula is C19H27N2OP. The topological polar surface area (TPSA) is 32.3 Å². The second-order valence-corrected chi connectivity index (χ2v) is 7.18. The van der Waals surface area contributed by atoms with E-state index in [1.54, 1.807) is 6.92 Å². The summed E-state index contributed by atoms with van der Waals surface area (Å²) in [4.78, 5) is 13.9. The first-order valence-electron chi connectivity index (χ1n) is 8.22. The van der Waals surface area contributed by atoms with Crippen LogP contribution in [0.2, 0.25) is 0 Å². The molecule has 3 nitrogen and oxygen atoms in total. The molecule has 1 aromatic carbocycles. The zero-order valence-corrected chi connectivity index (χ0v) is 15.4. The molecule has 0 aromatic heterocycles. The summed E-state index contributed by atoms with van der Waals surface area (Å²) in [5.74, 6) is 2.40. The van der Waals surface area contributed by atoms with Gasteiger partial charge >= 0.3 is 0 Å². The molecule has 23 heavy (non-hydrogen) atoms. The van der Waals surface area contributed by atoms with Crippen molar-refractivity contribution < 1.29 is 4.79 Å². The van der Waals surface area contributed by atoms with Crippen LogP contribution in [0.5, 0.6) is 0 Å². The third kappa shape index (κ3) is 4.31. The Morgan fingerprint density at radius 1 is 1.52 bits per heavy atom. The molecule has 1 aliphatic heterocycles. The second-order valence-electron chi connectivity index (χ2n) is 5.98. The number of hydrogen-bond donors (Lipinski definition) is 1. The minimum atomic E-state index is 0.124. The normalized spacial score (nSPS) is 18.3. The van der Waals surface area contributed by atoms with E-state index in [0.717, 1.165) is 39.8 Å². The third-order valence-electron chi connectivity index (χ3n) is 4.28. The monoisotopic (exact) mass is 330 g/mol. The Kier molecular flexibility index (Phi) is 6.56. The van der Waals surface area contributed by atoms with Crippen molar-refractivity contribution in [3.05, 3.63) is 47.8 Å². The number of carbonyl (C=O) groups excluding carboxylic acids is 1. The van der Waals surface area contributed by atoms with E-state index in [-0.39, 0.29) is 11.9 Å². The average molecular weight is 330 g/mol. The molecule has 0 saturated carbocycles. The van der Waals surface area contributed by atoms with Crippen molar-refractivity contribution in [1.29, 1.82) is 0 Å². The summed E-state index contributed by atoms with van der Waals surface area (Å²) >= 11 is 0. The van der Waals surface area contributed by atoms with Crippen molar-refractivity contribution in [3.63, 3.8) is 0 Å². The molecular weight excluding hydrogens is 303 g/mol. The molecule has 0 fully saturated rings. The van der Waals surface area contributed by atoms with E-state index in [0.29, 0.717) is 0 Å². The molecule has 124 valence electrons. The van der Waals surface area contributed by atoms with Gasteiger partial charge in [0.05, 0.1) is 0 Å². The first kappa shape index (κ1) is 17.9. The molecule has 1 heterocycles. The van der Waals surface area contributed by atoms with E-state index in [4.69, 9.17) is 0 Å². The summed E-state index contributed by atoms with van der Waals surface area (Å²) in [5, 5.41) is 3.17. The van der Waals surface area contributed by atoms with Crippen LogP contribution in [0, 0.1) is 0 Å². The van der Waals surface area contributed by atoms with Gasteiger partial charge in [-0.15, -0.1) is 0 Å². The van der Waals surface area contributed by atoms with Gasteiger partial charge in [-0.05, 0) is 68.4 Å². The Morgan fingerprint density at radius 3 is 2.96 bits per heavy atom. The van der Waals surface area contributed by atoms with E-state index in [1.165, 1.54) is 16.7 Å². The number of nitrogens with zero attached hydrogens (tertiary/aromatic N) is 1. The fourth-order valence-corrected chi connectivity index (χ4v) is 4.09. The van der Waals surface area contributed by atoms with Crippen LogP contribution in [-0.4, -0.2) is 31.7 Å². The SMILES string of the molecule is C=C/C(=C\PCCNC)c1ccc2c(c1)CC[C@H](C)N2C(C)=O. The van der Waals surface area contributed by atoms with Crippen LogP contribution in [0.4, 0.5) is 5.69 Å². The van der Waals surface area contributed by atoms with Crippen molar-refractivity contribution in [1.82, 2.24) is 5.32 Å². The number of allylic oxidation sites excluding steroid dienone is 2. The van der Waals surface area contributed by atoms with Gasteiger partial charge in [-0.3, -0.25) is 4.79 Å². The highest BCUT2D eigenvalue weighted by Gasteiger charge is 2.26. The zero-order valence-electron chi connectivity index (χ0n) is 14.4. The van der Waals surface area contributed by atoms with Crippen LogP contribution < -0.4 is 10.2 Å². The lowest BCUT2D eigenvalue weighted by Crippen LogP contribution is -2.40. The third-order valence-corrected chi connectivity index (χ3v) is 5.33. The molecule has 0 spiro atoms. The van der Waals surface area contributed by atoms with Crippen molar-refractivity contribution in [3.8, 4) is 0 Å². The molecule has 0 radical (unpaired) electrons. The maximum Gasteiger partial charge on any atom is 0.224 e. The maximum absolute atomic E-state index is 11.9. The summed E-state index contributed by atoms with van der Waals surface area (Å²) in [7, 11) is 2.77. The van der Waals surface area contributed by atoms with Crippen LogP contribution in [0.1, 0.15) is 31.4 Å². The van der Waals surface area contributed by atoms with Gasteiger partial charge in [0.2, 0.25) is 5.91 Å². The molecule has 1 aromatic rings. The Labute approximate surface area is 141 Å². The van der Waals surface area contributed by atoms with Gasteiger partial charge in [0.25, 0.3) is 0 Å². The highest BCUT2D eigenvalue weighted by molar-refractivity contribution is 7.42. The number of hydrogen-bond acceptors (Lipinski definition) is 2. The van der Waals surface area contributed by atoms with E-state index >= 15 is 0 Å². The summed E-state index contributed by atoms with van der Waals surface area (Å²) < 4.78 is 0. The highest BCUT2D eigenvalue weighted by atomic mass is 31.1. The predicted octanol–water partition coefficient (Wildman–Crippen LogP) is 3.80. The number of amides is 1. The Bertz CT molecular complexity index is 609. The maximum atomic E-state index is 11.9. The van der Waals surface area contributed by atoms with Crippen molar-refractivity contribution >= 4 is 25.7 Å². The van der Waals surface area contributed by atoms with Gasteiger partial charge < -0.3 is 10.2 Å². The first-order chi connectivity index (χ1) is 11.1. The second kappa shape index (κ2) is 8.42. The van der Waals surface area contributed by atoms with Crippen LogP contribution in [0.25, 0.3) is 5.57 Å². The van der Waals surface area contributed by atoms with Crippen LogP contribution in [0.15, 0.2) is 36.7 Å². The number of nitrogens with one attached hydrogen (secondary N) is 1. The lowest BCUT2D eigenvalue weighted by Gasteiger charge is -2.35. The molecule has 4 heteroatoms. The van der Waals surface area contributed by atoms with Gasteiger partial charge in [0.15, 0.2) is 0 Å². The predicted molar refractivity (Wildman–Crippen MR) is 103 cm³/mol. The first-order valence-corrected chi connectivity index (χ1v) is 9.50. The zero-order chi connectivity index (χ0) is 16.8. The van der Waals surface area contributed by atoms with Crippen LogP contribution in [0.3, 0.4) is 0 Å². The quantitative estimate of drug-likeness (QED) is 0.489. The molecule has 1 N–H and O–H groups in total. The van der Waals surface area contributed by atoms with Crippen LogP contribution in [-0.2, 0) is 11.2 Å². The molecule has 1 amide bonds.